The summed E-state index contributed by atoms with van der Waals surface area (Å²) < 4.78 is 1.66. The Bertz CT molecular complexity index is 903. The zero-order valence-corrected chi connectivity index (χ0v) is 12.8. The van der Waals surface area contributed by atoms with Gasteiger partial charge in [-0.25, -0.2) is 9.48 Å². The van der Waals surface area contributed by atoms with Crippen molar-refractivity contribution < 1.29 is 14.7 Å². The molecule has 120 valence electrons. The number of carboxylic acids is 1. The number of hydrogen-bond acceptors (Lipinski definition) is 4. The van der Waals surface area contributed by atoms with Gasteiger partial charge in [-0.1, -0.05) is 18.2 Å². The van der Waals surface area contributed by atoms with Gasteiger partial charge in [-0.15, -0.1) is 0 Å². The first-order chi connectivity index (χ1) is 11.5. The van der Waals surface area contributed by atoms with Crippen molar-refractivity contribution in [1.29, 1.82) is 0 Å². The Morgan fingerprint density at radius 2 is 1.83 bits per heavy atom. The predicted molar refractivity (Wildman–Crippen MR) is 87.5 cm³/mol. The van der Waals surface area contributed by atoms with Gasteiger partial charge in [0.15, 0.2) is 0 Å². The van der Waals surface area contributed by atoms with Crippen molar-refractivity contribution in [1.82, 2.24) is 14.8 Å². The molecule has 1 amide bonds. The van der Waals surface area contributed by atoms with E-state index in [1.165, 1.54) is 18.5 Å². The third kappa shape index (κ3) is 3.14. The maximum Gasteiger partial charge on any atom is 0.337 e. The Kier molecular flexibility index (Phi) is 4.07. The minimum Gasteiger partial charge on any atom is -0.478 e. The highest BCUT2D eigenvalue weighted by Gasteiger charge is 2.13. The zero-order chi connectivity index (χ0) is 17.1. The maximum atomic E-state index is 12.3. The van der Waals surface area contributed by atoms with Gasteiger partial charge >= 0.3 is 5.97 Å². The molecular formula is C17H14N4O3. The van der Waals surface area contributed by atoms with Crippen molar-refractivity contribution >= 4 is 17.6 Å². The lowest BCUT2D eigenvalue weighted by molar-refractivity contribution is 0.0696. The number of pyridine rings is 1. The van der Waals surface area contributed by atoms with Gasteiger partial charge < -0.3 is 10.4 Å². The number of benzene rings is 1. The molecule has 0 aliphatic carbocycles. The molecule has 2 aromatic heterocycles. The van der Waals surface area contributed by atoms with Crippen LogP contribution in [0.15, 0.2) is 55.0 Å². The number of aromatic nitrogens is 3. The van der Waals surface area contributed by atoms with Crippen molar-refractivity contribution in [2.24, 2.45) is 0 Å². The van der Waals surface area contributed by atoms with E-state index >= 15 is 0 Å². The number of carbonyl (C=O) groups is 2. The van der Waals surface area contributed by atoms with Crippen LogP contribution in [0.2, 0.25) is 0 Å². The summed E-state index contributed by atoms with van der Waals surface area (Å²) in [5.74, 6) is -1.58. The summed E-state index contributed by atoms with van der Waals surface area (Å²) in [6, 6.07) is 10.8. The Morgan fingerprint density at radius 3 is 2.54 bits per heavy atom. The number of aryl methyl sites for hydroxylation is 1. The van der Waals surface area contributed by atoms with Crippen LogP contribution in [0.3, 0.4) is 0 Å². The lowest BCUT2D eigenvalue weighted by Gasteiger charge is -2.04. The lowest BCUT2D eigenvalue weighted by Crippen LogP contribution is -2.13. The number of carboxylic acid groups (broad SMARTS) is 1. The molecular weight excluding hydrogens is 308 g/mol. The molecule has 0 radical (unpaired) electrons. The van der Waals surface area contributed by atoms with Crippen LogP contribution >= 0.6 is 0 Å². The van der Waals surface area contributed by atoms with Gasteiger partial charge in [0, 0.05) is 12.4 Å². The number of carbonyl (C=O) groups excluding carboxylic acids is 1. The quantitative estimate of drug-likeness (QED) is 0.769. The van der Waals surface area contributed by atoms with Gasteiger partial charge in [-0.05, 0) is 25.1 Å². The Balaban J connectivity index is 1.84. The second kappa shape index (κ2) is 6.33. The monoisotopic (exact) mass is 322 g/mol. The number of hydrogen-bond donors (Lipinski definition) is 2. The van der Waals surface area contributed by atoms with Crippen LogP contribution in [0.4, 0.5) is 5.69 Å². The topological polar surface area (TPSA) is 97.1 Å². The second-order valence-corrected chi connectivity index (χ2v) is 5.13. The molecule has 0 aliphatic heterocycles. The van der Waals surface area contributed by atoms with E-state index in [4.69, 9.17) is 5.11 Å². The number of aromatic carboxylic acids is 1. The first kappa shape index (κ1) is 15.4. The molecule has 0 aliphatic rings. The largest absolute Gasteiger partial charge is 0.478 e. The highest BCUT2D eigenvalue weighted by atomic mass is 16.4. The summed E-state index contributed by atoms with van der Waals surface area (Å²) in [4.78, 5) is 27.1. The van der Waals surface area contributed by atoms with E-state index in [1.807, 2.05) is 30.3 Å². The Hall–Kier alpha value is -3.48. The molecule has 3 rings (SSSR count). The number of nitrogens with one attached hydrogen (secondary N) is 1. The molecule has 0 fully saturated rings. The van der Waals surface area contributed by atoms with Crippen LogP contribution in [0, 0.1) is 6.92 Å². The van der Waals surface area contributed by atoms with Gasteiger partial charge in [0.25, 0.3) is 5.91 Å². The average molecular weight is 322 g/mol. The summed E-state index contributed by atoms with van der Waals surface area (Å²) in [7, 11) is 0. The van der Waals surface area contributed by atoms with Crippen LogP contribution in [-0.2, 0) is 0 Å². The minimum absolute atomic E-state index is 0.0423. The normalized spacial score (nSPS) is 10.4. The fourth-order valence-corrected chi connectivity index (χ4v) is 2.17. The molecule has 2 heterocycles. The van der Waals surface area contributed by atoms with Crippen molar-refractivity contribution in [2.45, 2.75) is 6.92 Å². The average Bonchev–Trinajstić information content (AvgIpc) is 2.96. The number of rotatable bonds is 4. The number of amides is 1. The van der Waals surface area contributed by atoms with E-state index in [1.54, 1.807) is 17.8 Å². The van der Waals surface area contributed by atoms with Crippen molar-refractivity contribution in [3.8, 4) is 5.69 Å². The molecule has 0 bridgehead atoms. The molecule has 0 atom stereocenters. The number of anilines is 1. The van der Waals surface area contributed by atoms with Gasteiger partial charge in [-0.2, -0.15) is 5.10 Å². The predicted octanol–water partition coefficient (Wildman–Crippen LogP) is 2.53. The second-order valence-electron chi connectivity index (χ2n) is 5.13. The molecule has 3 aromatic rings. The lowest BCUT2D eigenvalue weighted by atomic mass is 10.2. The molecule has 0 unspecified atom stereocenters. The molecule has 7 heteroatoms. The standard InChI is InChI=1S/C17H14N4O3/c1-11-15(10-21(20-11)14-5-3-2-4-6-14)19-16(22)12-7-13(17(23)24)9-18-8-12/h2-10H,1H3,(H,19,22)(H,23,24). The summed E-state index contributed by atoms with van der Waals surface area (Å²) in [5.41, 5.74) is 2.19. The summed E-state index contributed by atoms with van der Waals surface area (Å²) >= 11 is 0. The van der Waals surface area contributed by atoms with Crippen LogP contribution < -0.4 is 5.32 Å². The van der Waals surface area contributed by atoms with Crippen LogP contribution in [0.1, 0.15) is 26.4 Å². The van der Waals surface area contributed by atoms with Crippen molar-refractivity contribution in [3.05, 3.63) is 71.8 Å². The highest BCUT2D eigenvalue weighted by Crippen LogP contribution is 2.17. The molecule has 0 saturated carbocycles. The van der Waals surface area contributed by atoms with Crippen LogP contribution in [0.5, 0.6) is 0 Å². The minimum atomic E-state index is -1.13. The maximum absolute atomic E-state index is 12.3. The van der Waals surface area contributed by atoms with E-state index < -0.39 is 11.9 Å². The summed E-state index contributed by atoms with van der Waals surface area (Å²) in [6.07, 6.45) is 4.22. The third-order valence-corrected chi connectivity index (χ3v) is 3.42. The van der Waals surface area contributed by atoms with Gasteiger partial charge in [0.2, 0.25) is 0 Å². The first-order valence-electron chi connectivity index (χ1n) is 7.16. The SMILES string of the molecule is Cc1nn(-c2ccccc2)cc1NC(=O)c1cncc(C(=O)O)c1. The molecule has 1 aromatic carbocycles. The van der Waals surface area contributed by atoms with Gasteiger partial charge in [-0.3, -0.25) is 9.78 Å². The van der Waals surface area contributed by atoms with E-state index in [-0.39, 0.29) is 11.1 Å². The fraction of sp³-hybridized carbons (Fsp3) is 0.0588. The zero-order valence-electron chi connectivity index (χ0n) is 12.8. The Morgan fingerprint density at radius 1 is 1.12 bits per heavy atom. The molecule has 0 saturated heterocycles. The van der Waals surface area contributed by atoms with E-state index in [2.05, 4.69) is 15.4 Å². The summed E-state index contributed by atoms with van der Waals surface area (Å²) in [5, 5.41) is 16.1. The van der Waals surface area contributed by atoms with E-state index in [0.29, 0.717) is 11.4 Å². The molecule has 0 spiro atoms. The van der Waals surface area contributed by atoms with Gasteiger partial charge in [0.05, 0.1) is 34.4 Å². The van der Waals surface area contributed by atoms with Crippen LogP contribution in [0.25, 0.3) is 5.69 Å². The van der Waals surface area contributed by atoms with E-state index in [0.717, 1.165) is 5.69 Å². The number of nitrogens with zero attached hydrogens (tertiary/aromatic N) is 3. The number of para-hydroxylation sites is 1. The molecule has 7 nitrogen and oxygen atoms in total. The molecule has 2 N–H and O–H groups in total. The third-order valence-electron chi connectivity index (χ3n) is 3.42. The fourth-order valence-electron chi connectivity index (χ4n) is 2.17. The summed E-state index contributed by atoms with van der Waals surface area (Å²) in [6.45, 7) is 1.78. The molecule has 24 heavy (non-hydrogen) atoms. The highest BCUT2D eigenvalue weighted by molar-refractivity contribution is 6.05. The van der Waals surface area contributed by atoms with E-state index in [9.17, 15) is 9.59 Å². The van der Waals surface area contributed by atoms with Crippen LogP contribution in [-0.4, -0.2) is 31.7 Å². The van der Waals surface area contributed by atoms with Crippen molar-refractivity contribution in [3.63, 3.8) is 0 Å². The smallest absolute Gasteiger partial charge is 0.337 e. The van der Waals surface area contributed by atoms with Crippen molar-refractivity contribution in [2.75, 3.05) is 5.32 Å². The Labute approximate surface area is 137 Å². The first-order valence-corrected chi connectivity index (χ1v) is 7.16. The van der Waals surface area contributed by atoms with Gasteiger partial charge in [0.1, 0.15) is 0 Å².